The van der Waals surface area contributed by atoms with Gasteiger partial charge in [-0.1, -0.05) is 128 Å². The standard InChI is InChI=1S/C46H34N4S/c1-2-43-40-15-9-10-16-44(40)51-30-50-29-35(28-48-45(50)49-43)33-20-18-32(19-21-33)34-22-24-39-38-23-17-31(27-47)25-41(38)46(42(39)26-34,36-11-5-3-6-12-36)37-13-7-4-8-14-37/h3-26,28-29,43H,2,30H2,1H3. The average Bonchev–Trinajstić information content (AvgIpc) is 3.49. The van der Waals surface area contributed by atoms with Gasteiger partial charge in [-0.15, -0.1) is 11.8 Å². The lowest BCUT2D eigenvalue weighted by atomic mass is 9.67. The van der Waals surface area contributed by atoms with E-state index in [0.29, 0.717) is 5.56 Å². The number of nitriles is 1. The molecule has 6 aromatic rings. The Morgan fingerprint density at radius 1 is 0.725 bits per heavy atom. The lowest BCUT2D eigenvalue weighted by Gasteiger charge is -2.34. The molecule has 3 aliphatic rings. The molecule has 0 fully saturated rings. The molecule has 0 amide bonds. The van der Waals surface area contributed by atoms with Crippen molar-refractivity contribution in [3.05, 3.63) is 191 Å². The van der Waals surface area contributed by atoms with Crippen molar-refractivity contribution >= 4 is 29.5 Å². The Balaban J connectivity index is 1.10. The zero-order valence-electron chi connectivity index (χ0n) is 28.2. The maximum Gasteiger partial charge on any atom is 0.226 e. The number of benzene rings is 6. The largest absolute Gasteiger partial charge is 0.307 e. The van der Waals surface area contributed by atoms with E-state index in [0.717, 1.165) is 46.1 Å². The SMILES string of the molecule is CCC1N=C2N=CC(c3ccc(-c4ccc5c(c4)C(c4ccccc4)(c4ccccc4)c4cc(C#N)ccc4-5)cc3)=CN2CSc2ccccc21. The van der Waals surface area contributed by atoms with Crippen molar-refractivity contribution in [2.45, 2.75) is 29.7 Å². The molecule has 1 unspecified atom stereocenters. The number of hydrogen-bond acceptors (Lipinski definition) is 5. The normalized spacial score (nSPS) is 16.7. The molecule has 0 saturated carbocycles. The van der Waals surface area contributed by atoms with Crippen LogP contribution in [0.4, 0.5) is 0 Å². The minimum atomic E-state index is -0.569. The molecule has 244 valence electrons. The zero-order chi connectivity index (χ0) is 34.4. The first-order valence-corrected chi connectivity index (χ1v) is 18.4. The van der Waals surface area contributed by atoms with Gasteiger partial charge in [-0.25, -0.2) is 9.98 Å². The van der Waals surface area contributed by atoms with E-state index < -0.39 is 5.41 Å². The van der Waals surface area contributed by atoms with Crippen molar-refractivity contribution in [1.29, 1.82) is 5.26 Å². The molecule has 6 aromatic carbocycles. The maximum atomic E-state index is 9.97. The highest BCUT2D eigenvalue weighted by molar-refractivity contribution is 7.99. The second-order valence-electron chi connectivity index (χ2n) is 13.2. The number of hydrogen-bond donors (Lipinski definition) is 0. The van der Waals surface area contributed by atoms with Gasteiger partial charge in [0.1, 0.15) is 0 Å². The van der Waals surface area contributed by atoms with Crippen LogP contribution in [0, 0.1) is 11.3 Å². The Hall–Kier alpha value is -5.96. The Morgan fingerprint density at radius 3 is 2.06 bits per heavy atom. The second-order valence-corrected chi connectivity index (χ2v) is 14.2. The van der Waals surface area contributed by atoms with Gasteiger partial charge in [-0.2, -0.15) is 5.26 Å². The van der Waals surface area contributed by atoms with Gasteiger partial charge in [-0.3, -0.25) is 0 Å². The van der Waals surface area contributed by atoms with Crippen molar-refractivity contribution in [3.8, 4) is 28.3 Å². The molecular formula is C46H34N4S. The van der Waals surface area contributed by atoms with E-state index in [1.807, 2.05) is 24.0 Å². The molecule has 1 aliphatic carbocycles. The number of nitrogens with zero attached hydrogens (tertiary/aromatic N) is 4. The third-order valence-corrected chi connectivity index (χ3v) is 11.5. The predicted molar refractivity (Wildman–Crippen MR) is 210 cm³/mol. The van der Waals surface area contributed by atoms with Crippen LogP contribution in [-0.4, -0.2) is 23.0 Å². The highest BCUT2D eigenvalue weighted by Gasteiger charge is 2.46. The van der Waals surface area contributed by atoms with Crippen molar-refractivity contribution in [1.82, 2.24) is 4.90 Å². The molecule has 0 N–H and O–H groups in total. The van der Waals surface area contributed by atoms with E-state index in [-0.39, 0.29) is 6.04 Å². The summed E-state index contributed by atoms with van der Waals surface area (Å²) < 4.78 is 0. The van der Waals surface area contributed by atoms with Crippen LogP contribution in [-0.2, 0) is 5.41 Å². The first-order valence-electron chi connectivity index (χ1n) is 17.4. The average molecular weight is 675 g/mol. The lowest BCUT2D eigenvalue weighted by molar-refractivity contribution is 0.607. The molecule has 1 atom stereocenters. The van der Waals surface area contributed by atoms with Crippen LogP contribution in [0.1, 0.15) is 58.3 Å². The van der Waals surface area contributed by atoms with Gasteiger partial charge in [0.15, 0.2) is 0 Å². The highest BCUT2D eigenvalue weighted by Crippen LogP contribution is 2.57. The third kappa shape index (κ3) is 5.14. The summed E-state index contributed by atoms with van der Waals surface area (Å²) in [4.78, 5) is 13.4. The molecule has 51 heavy (non-hydrogen) atoms. The number of rotatable bonds is 5. The summed E-state index contributed by atoms with van der Waals surface area (Å²) in [5, 5.41) is 9.97. The number of fused-ring (bicyclic) bond motifs is 5. The van der Waals surface area contributed by atoms with Gasteiger partial charge in [0.2, 0.25) is 5.96 Å². The van der Waals surface area contributed by atoms with Crippen molar-refractivity contribution in [3.63, 3.8) is 0 Å². The highest BCUT2D eigenvalue weighted by atomic mass is 32.2. The van der Waals surface area contributed by atoms with Crippen molar-refractivity contribution in [2.24, 2.45) is 9.98 Å². The van der Waals surface area contributed by atoms with Gasteiger partial charge in [-0.05, 0) is 86.3 Å². The molecule has 0 radical (unpaired) electrons. The number of allylic oxidation sites excluding steroid dienone is 1. The van der Waals surface area contributed by atoms with E-state index in [1.165, 1.54) is 38.3 Å². The van der Waals surface area contributed by atoms with Crippen LogP contribution >= 0.6 is 11.8 Å². The predicted octanol–water partition coefficient (Wildman–Crippen LogP) is 10.9. The number of guanidine groups is 1. The summed E-state index contributed by atoms with van der Waals surface area (Å²) in [6, 6.07) is 54.3. The molecule has 2 heterocycles. The summed E-state index contributed by atoms with van der Waals surface area (Å²) in [5.41, 5.74) is 12.9. The molecule has 2 aliphatic heterocycles. The molecule has 0 saturated heterocycles. The Bertz CT molecular complexity index is 2380. The van der Waals surface area contributed by atoms with E-state index in [4.69, 9.17) is 9.98 Å². The second kappa shape index (κ2) is 12.7. The summed E-state index contributed by atoms with van der Waals surface area (Å²) >= 11 is 1.84. The fourth-order valence-electron chi connectivity index (χ4n) is 7.95. The molecule has 0 spiro atoms. The lowest BCUT2D eigenvalue weighted by Crippen LogP contribution is -2.29. The van der Waals surface area contributed by atoms with Gasteiger partial charge < -0.3 is 4.90 Å². The van der Waals surface area contributed by atoms with Crippen LogP contribution in [0.25, 0.3) is 27.8 Å². The molecule has 4 nitrogen and oxygen atoms in total. The molecule has 0 bridgehead atoms. The summed E-state index contributed by atoms with van der Waals surface area (Å²) in [5.74, 6) is 1.52. The quantitative estimate of drug-likeness (QED) is 0.183. The molecular weight excluding hydrogens is 641 g/mol. The van der Waals surface area contributed by atoms with Gasteiger partial charge in [0.25, 0.3) is 0 Å². The van der Waals surface area contributed by atoms with Gasteiger partial charge in [0.05, 0.1) is 29.0 Å². The maximum absolute atomic E-state index is 9.97. The van der Waals surface area contributed by atoms with E-state index >= 15 is 0 Å². The van der Waals surface area contributed by atoms with Crippen LogP contribution in [0.2, 0.25) is 0 Å². The molecule has 9 rings (SSSR count). The van der Waals surface area contributed by atoms with E-state index in [9.17, 15) is 5.26 Å². The molecule has 0 aromatic heterocycles. The Morgan fingerprint density at radius 2 is 1.35 bits per heavy atom. The van der Waals surface area contributed by atoms with Gasteiger partial charge >= 0.3 is 0 Å². The fourth-order valence-corrected chi connectivity index (χ4v) is 8.97. The summed E-state index contributed by atoms with van der Waals surface area (Å²) in [6.07, 6.45) is 5.06. The van der Waals surface area contributed by atoms with Gasteiger partial charge in [0, 0.05) is 22.9 Å². The fraction of sp³-hybridized carbons (Fsp3) is 0.109. The minimum absolute atomic E-state index is 0.0916. The van der Waals surface area contributed by atoms with E-state index in [2.05, 4.69) is 164 Å². The van der Waals surface area contributed by atoms with Crippen molar-refractivity contribution in [2.75, 3.05) is 5.88 Å². The first kappa shape index (κ1) is 31.1. The van der Waals surface area contributed by atoms with Crippen LogP contribution in [0.5, 0.6) is 0 Å². The minimum Gasteiger partial charge on any atom is -0.307 e. The third-order valence-electron chi connectivity index (χ3n) is 10.4. The molecule has 5 heteroatoms. The van der Waals surface area contributed by atoms with Crippen LogP contribution < -0.4 is 0 Å². The number of thioether (sulfide) groups is 1. The van der Waals surface area contributed by atoms with Crippen LogP contribution in [0.3, 0.4) is 0 Å². The first-order chi connectivity index (χ1) is 25.2. The monoisotopic (exact) mass is 674 g/mol. The topological polar surface area (TPSA) is 51.8 Å². The van der Waals surface area contributed by atoms with E-state index in [1.54, 1.807) is 0 Å². The van der Waals surface area contributed by atoms with Crippen LogP contribution in [0.15, 0.2) is 167 Å². The Kier molecular flexibility index (Phi) is 7.75. The summed E-state index contributed by atoms with van der Waals surface area (Å²) in [7, 11) is 0. The summed E-state index contributed by atoms with van der Waals surface area (Å²) in [6.45, 7) is 2.19. The van der Waals surface area contributed by atoms with Crippen molar-refractivity contribution < 1.29 is 0 Å². The Labute approximate surface area is 303 Å². The zero-order valence-corrected chi connectivity index (χ0v) is 29.0. The smallest absolute Gasteiger partial charge is 0.226 e. The number of aliphatic imine (C=N–C) groups is 2.